The fourth-order valence-corrected chi connectivity index (χ4v) is 2.23. The maximum Gasteiger partial charge on any atom is 0.106 e. The van der Waals surface area contributed by atoms with Crippen molar-refractivity contribution in [2.75, 3.05) is 13.6 Å². The zero-order chi connectivity index (χ0) is 10.2. The molecule has 2 atom stereocenters. The summed E-state index contributed by atoms with van der Waals surface area (Å²) in [5.74, 6) is 0. The molecular formula is C12H17NO. The Morgan fingerprint density at radius 1 is 1.36 bits per heavy atom. The van der Waals surface area contributed by atoms with Crippen molar-refractivity contribution >= 4 is 0 Å². The molecule has 0 aromatic heterocycles. The van der Waals surface area contributed by atoms with Gasteiger partial charge in [0.05, 0.1) is 0 Å². The first-order chi connectivity index (χ1) is 6.64. The molecule has 1 fully saturated rings. The van der Waals surface area contributed by atoms with Crippen LogP contribution in [0.15, 0.2) is 30.3 Å². The lowest BCUT2D eigenvalue weighted by molar-refractivity contribution is 0.0109. The van der Waals surface area contributed by atoms with Crippen LogP contribution in [0.4, 0.5) is 0 Å². The van der Waals surface area contributed by atoms with E-state index in [1.165, 1.54) is 0 Å². The van der Waals surface area contributed by atoms with Crippen LogP contribution >= 0.6 is 0 Å². The Morgan fingerprint density at radius 2 is 2.00 bits per heavy atom. The highest BCUT2D eigenvalue weighted by atomic mass is 16.3. The third kappa shape index (κ3) is 1.35. The van der Waals surface area contributed by atoms with Gasteiger partial charge in [-0.05, 0) is 26.0 Å². The second-order valence-electron chi connectivity index (χ2n) is 4.20. The van der Waals surface area contributed by atoms with Crippen molar-refractivity contribution in [3.8, 4) is 0 Å². The molecule has 1 aliphatic heterocycles. The molecule has 1 unspecified atom stereocenters. The summed E-state index contributed by atoms with van der Waals surface area (Å²) < 4.78 is 0. The lowest BCUT2D eigenvalue weighted by Crippen LogP contribution is -2.38. The third-order valence-corrected chi connectivity index (χ3v) is 3.47. The van der Waals surface area contributed by atoms with Crippen LogP contribution < -0.4 is 0 Å². The Bertz CT molecular complexity index is 311. The first-order valence-electron chi connectivity index (χ1n) is 5.13. The second kappa shape index (κ2) is 3.37. The lowest BCUT2D eigenvalue weighted by atomic mass is 9.87. The number of benzene rings is 1. The zero-order valence-electron chi connectivity index (χ0n) is 8.77. The number of likely N-dealkylation sites (tertiary alicyclic amines) is 1. The minimum absolute atomic E-state index is 0.199. The van der Waals surface area contributed by atoms with Gasteiger partial charge in [0.15, 0.2) is 0 Å². The van der Waals surface area contributed by atoms with E-state index in [-0.39, 0.29) is 6.04 Å². The fourth-order valence-electron chi connectivity index (χ4n) is 2.23. The van der Waals surface area contributed by atoms with Crippen molar-refractivity contribution in [3.05, 3.63) is 35.9 Å². The molecule has 0 bridgehead atoms. The van der Waals surface area contributed by atoms with Crippen molar-refractivity contribution in [1.29, 1.82) is 0 Å². The maximum absolute atomic E-state index is 10.6. The second-order valence-corrected chi connectivity index (χ2v) is 4.20. The summed E-state index contributed by atoms with van der Waals surface area (Å²) in [6.07, 6.45) is 0.828. The van der Waals surface area contributed by atoms with Gasteiger partial charge in [0.1, 0.15) is 5.60 Å². The summed E-state index contributed by atoms with van der Waals surface area (Å²) in [6.45, 7) is 3.05. The summed E-state index contributed by atoms with van der Waals surface area (Å²) in [5.41, 5.74) is 0.382. The third-order valence-electron chi connectivity index (χ3n) is 3.47. The van der Waals surface area contributed by atoms with Gasteiger partial charge in [-0.15, -0.1) is 0 Å². The van der Waals surface area contributed by atoms with E-state index in [2.05, 4.69) is 18.9 Å². The van der Waals surface area contributed by atoms with Gasteiger partial charge in [0.2, 0.25) is 0 Å². The highest BCUT2D eigenvalue weighted by molar-refractivity contribution is 5.25. The van der Waals surface area contributed by atoms with Crippen LogP contribution in [0.1, 0.15) is 18.9 Å². The first kappa shape index (κ1) is 9.69. The van der Waals surface area contributed by atoms with Gasteiger partial charge >= 0.3 is 0 Å². The van der Waals surface area contributed by atoms with Crippen molar-refractivity contribution in [2.24, 2.45) is 0 Å². The smallest absolute Gasteiger partial charge is 0.106 e. The van der Waals surface area contributed by atoms with E-state index in [0.29, 0.717) is 0 Å². The van der Waals surface area contributed by atoms with Gasteiger partial charge in [-0.2, -0.15) is 0 Å². The highest BCUT2D eigenvalue weighted by Gasteiger charge is 2.42. The van der Waals surface area contributed by atoms with E-state index in [0.717, 1.165) is 18.5 Å². The lowest BCUT2D eigenvalue weighted by Gasteiger charge is -2.30. The van der Waals surface area contributed by atoms with Gasteiger partial charge in [-0.1, -0.05) is 30.3 Å². The molecule has 1 aliphatic rings. The Morgan fingerprint density at radius 3 is 2.50 bits per heavy atom. The Balaban J connectivity index is 2.34. The summed E-state index contributed by atoms with van der Waals surface area (Å²) in [5, 5.41) is 10.6. The predicted octanol–water partition coefficient (Wildman–Crippen LogP) is 1.60. The van der Waals surface area contributed by atoms with Crippen molar-refractivity contribution < 1.29 is 5.11 Å². The van der Waals surface area contributed by atoms with E-state index in [4.69, 9.17) is 0 Å². The molecule has 14 heavy (non-hydrogen) atoms. The number of aliphatic hydroxyl groups is 1. The molecule has 0 aliphatic carbocycles. The standard InChI is InChI=1S/C12H17NO/c1-10-12(14,8-9-13(10)2)11-6-4-3-5-7-11/h3-7,10,14H,8-9H2,1-2H3/t10-,12?/m1/s1. The molecule has 2 nitrogen and oxygen atoms in total. The van der Waals surface area contributed by atoms with E-state index >= 15 is 0 Å². The normalized spacial score (nSPS) is 33.5. The zero-order valence-corrected chi connectivity index (χ0v) is 8.77. The van der Waals surface area contributed by atoms with Gasteiger partial charge in [-0.25, -0.2) is 0 Å². The molecule has 1 aromatic carbocycles. The molecule has 1 aromatic rings. The van der Waals surface area contributed by atoms with Gasteiger partial charge in [0.25, 0.3) is 0 Å². The van der Waals surface area contributed by atoms with Crippen molar-refractivity contribution in [1.82, 2.24) is 4.90 Å². The molecule has 0 saturated carbocycles. The average Bonchev–Trinajstić information content (AvgIpc) is 2.49. The number of likely N-dealkylation sites (N-methyl/N-ethyl adjacent to an activating group) is 1. The van der Waals surface area contributed by atoms with Gasteiger partial charge in [0, 0.05) is 12.6 Å². The molecule has 1 saturated heterocycles. The van der Waals surface area contributed by atoms with Crippen LogP contribution in [-0.4, -0.2) is 29.6 Å². The Labute approximate surface area is 85.2 Å². The van der Waals surface area contributed by atoms with Crippen LogP contribution in [0.3, 0.4) is 0 Å². The van der Waals surface area contributed by atoms with E-state index < -0.39 is 5.60 Å². The Kier molecular flexibility index (Phi) is 2.33. The monoisotopic (exact) mass is 191 g/mol. The minimum Gasteiger partial charge on any atom is -0.383 e. The first-order valence-corrected chi connectivity index (χ1v) is 5.13. The average molecular weight is 191 g/mol. The van der Waals surface area contributed by atoms with Crippen molar-refractivity contribution in [2.45, 2.75) is 25.0 Å². The molecule has 1 N–H and O–H groups in total. The minimum atomic E-state index is -0.657. The highest BCUT2D eigenvalue weighted by Crippen LogP contribution is 2.36. The summed E-state index contributed by atoms with van der Waals surface area (Å²) >= 11 is 0. The molecule has 76 valence electrons. The van der Waals surface area contributed by atoms with Crippen LogP contribution in [0.2, 0.25) is 0 Å². The van der Waals surface area contributed by atoms with Gasteiger partial charge < -0.3 is 10.0 Å². The van der Waals surface area contributed by atoms with E-state index in [1.807, 2.05) is 30.3 Å². The molecule has 2 heteroatoms. The van der Waals surface area contributed by atoms with E-state index in [9.17, 15) is 5.11 Å². The summed E-state index contributed by atoms with van der Waals surface area (Å²) in [6, 6.07) is 10.2. The fraction of sp³-hybridized carbons (Fsp3) is 0.500. The molecule has 0 spiro atoms. The molecule has 2 rings (SSSR count). The molecule has 1 heterocycles. The Hall–Kier alpha value is -0.860. The molecule has 0 radical (unpaired) electrons. The quantitative estimate of drug-likeness (QED) is 0.729. The van der Waals surface area contributed by atoms with Crippen molar-refractivity contribution in [3.63, 3.8) is 0 Å². The van der Waals surface area contributed by atoms with Crippen LogP contribution in [0, 0.1) is 0 Å². The number of rotatable bonds is 1. The summed E-state index contributed by atoms with van der Waals surface area (Å²) in [4.78, 5) is 2.20. The maximum atomic E-state index is 10.6. The van der Waals surface area contributed by atoms with Crippen LogP contribution in [0.25, 0.3) is 0 Å². The predicted molar refractivity (Wildman–Crippen MR) is 57.0 cm³/mol. The molecular weight excluding hydrogens is 174 g/mol. The number of nitrogens with zero attached hydrogens (tertiary/aromatic N) is 1. The van der Waals surface area contributed by atoms with Crippen LogP contribution in [-0.2, 0) is 5.60 Å². The van der Waals surface area contributed by atoms with Gasteiger partial charge in [-0.3, -0.25) is 0 Å². The SMILES string of the molecule is C[C@H]1N(C)CCC1(O)c1ccccc1. The number of hydrogen-bond acceptors (Lipinski definition) is 2. The summed E-state index contributed by atoms with van der Waals surface area (Å²) in [7, 11) is 2.06. The van der Waals surface area contributed by atoms with E-state index in [1.54, 1.807) is 0 Å². The van der Waals surface area contributed by atoms with Crippen LogP contribution in [0.5, 0.6) is 0 Å². The number of hydrogen-bond donors (Lipinski definition) is 1. The molecule has 0 amide bonds. The topological polar surface area (TPSA) is 23.5 Å². The largest absolute Gasteiger partial charge is 0.383 e.